The predicted molar refractivity (Wildman–Crippen MR) is 319 cm³/mol. The Morgan fingerprint density at radius 1 is 0.237 bits per heavy atom. The highest BCUT2D eigenvalue weighted by atomic mass is 15.0. The lowest BCUT2D eigenvalue weighted by atomic mass is 9.91. The van der Waals surface area contributed by atoms with Crippen LogP contribution in [0.4, 0.5) is 0 Å². The van der Waals surface area contributed by atoms with Crippen LogP contribution < -0.4 is 0 Å². The fourth-order valence-corrected chi connectivity index (χ4v) is 10.4. The van der Waals surface area contributed by atoms with Crippen LogP contribution in [0.5, 0.6) is 0 Å². The minimum Gasteiger partial charge on any atom is -0.245 e. The van der Waals surface area contributed by atoms with Gasteiger partial charge >= 0.3 is 0 Å². The summed E-state index contributed by atoms with van der Waals surface area (Å²) in [5.41, 5.74) is 15.3. The zero-order valence-electron chi connectivity index (χ0n) is 42.9. The van der Waals surface area contributed by atoms with E-state index in [1.807, 2.05) is 109 Å². The van der Waals surface area contributed by atoms with Crippen LogP contribution in [-0.4, -0.2) is 49.8 Å². The molecule has 0 atom stereocenters. The number of nitrogens with zero attached hydrogens (tertiary/aromatic N) is 10. The summed E-state index contributed by atoms with van der Waals surface area (Å²) in [4.78, 5) is 48.6. The van der Waals surface area contributed by atoms with Gasteiger partial charge in [0.15, 0.2) is 34.9 Å². The Morgan fingerprint density at radius 3 is 1.26 bits per heavy atom. The monoisotopic (exact) mass is 1020 g/mol. The van der Waals surface area contributed by atoms with Gasteiger partial charge in [0, 0.05) is 63.1 Å². The molecule has 14 rings (SSSR count). The Morgan fingerprint density at radius 2 is 0.688 bits per heavy atom. The second-order valence-electron chi connectivity index (χ2n) is 19.3. The van der Waals surface area contributed by atoms with E-state index in [9.17, 15) is 0 Å². The van der Waals surface area contributed by atoms with Crippen molar-refractivity contribution in [2.75, 3.05) is 0 Å². The molecule has 0 radical (unpaired) electrons. The van der Waals surface area contributed by atoms with Gasteiger partial charge in [-0.3, -0.25) is 0 Å². The SMILES string of the molecule is c1ccc(-c2nc(-c3cccc(-c4ccc5c(-c6nc(-c7ccccc7)nc(-c7ccccc7)n6)c(-c6ccc(-c7ccncn7)cc6)ccc5c4)c3)nc(-c3c(-c4ccc(-c5cncnc5)cc4)ccc4ccccc34)n2)cc1. The Bertz CT molecular complexity index is 4490. The van der Waals surface area contributed by atoms with E-state index in [1.165, 1.54) is 0 Å². The highest BCUT2D eigenvalue weighted by Gasteiger charge is 2.22. The fourth-order valence-electron chi connectivity index (χ4n) is 10.4. The summed E-state index contributed by atoms with van der Waals surface area (Å²) in [5, 5.41) is 4.14. The van der Waals surface area contributed by atoms with Crippen molar-refractivity contribution in [1.29, 1.82) is 0 Å². The van der Waals surface area contributed by atoms with Gasteiger partial charge in [-0.2, -0.15) is 0 Å². The van der Waals surface area contributed by atoms with Gasteiger partial charge in [-0.25, -0.2) is 49.8 Å². The molecule has 0 aliphatic carbocycles. The predicted octanol–water partition coefficient (Wildman–Crippen LogP) is 16.3. The van der Waals surface area contributed by atoms with Crippen molar-refractivity contribution in [3.05, 3.63) is 268 Å². The van der Waals surface area contributed by atoms with Gasteiger partial charge in [-0.1, -0.05) is 218 Å². The van der Waals surface area contributed by atoms with Crippen molar-refractivity contribution in [3.63, 3.8) is 0 Å². The molecule has 0 saturated carbocycles. The topological polar surface area (TPSA) is 129 Å². The van der Waals surface area contributed by atoms with Crippen LogP contribution in [0.3, 0.4) is 0 Å². The van der Waals surface area contributed by atoms with Crippen molar-refractivity contribution in [3.8, 4) is 124 Å². The summed E-state index contributed by atoms with van der Waals surface area (Å²) >= 11 is 0. The van der Waals surface area contributed by atoms with Gasteiger partial charge in [0.1, 0.15) is 12.7 Å². The lowest BCUT2D eigenvalue weighted by Crippen LogP contribution is -2.02. The van der Waals surface area contributed by atoms with Gasteiger partial charge in [0.05, 0.1) is 5.69 Å². The minimum absolute atomic E-state index is 0.561. The Balaban J connectivity index is 0.907. The number of aromatic nitrogens is 10. The average molecular weight is 1030 g/mol. The van der Waals surface area contributed by atoms with Crippen molar-refractivity contribution < 1.29 is 0 Å². The molecule has 4 heterocycles. The molecule has 0 fully saturated rings. The second-order valence-corrected chi connectivity index (χ2v) is 19.3. The first-order chi connectivity index (χ1) is 39.6. The minimum atomic E-state index is 0.561. The highest BCUT2D eigenvalue weighted by Crippen LogP contribution is 2.42. The fraction of sp³-hybridized carbons (Fsp3) is 0. The van der Waals surface area contributed by atoms with E-state index < -0.39 is 0 Å². The van der Waals surface area contributed by atoms with Gasteiger partial charge < -0.3 is 0 Å². The number of rotatable bonds is 11. The summed E-state index contributed by atoms with van der Waals surface area (Å²) in [6.07, 6.45) is 8.53. The molecule has 0 unspecified atom stereocenters. The molecular weight excluding hydrogens is 981 g/mol. The smallest absolute Gasteiger partial charge is 0.165 e. The lowest BCUT2D eigenvalue weighted by molar-refractivity contribution is 1.08. The van der Waals surface area contributed by atoms with Gasteiger partial charge in [0.25, 0.3) is 0 Å². The second kappa shape index (κ2) is 20.8. The Hall–Kier alpha value is -11.1. The first-order valence-corrected chi connectivity index (χ1v) is 26.2. The molecule has 374 valence electrons. The first kappa shape index (κ1) is 47.4. The van der Waals surface area contributed by atoms with Crippen molar-refractivity contribution in [2.45, 2.75) is 0 Å². The van der Waals surface area contributed by atoms with Crippen molar-refractivity contribution in [2.24, 2.45) is 0 Å². The van der Waals surface area contributed by atoms with E-state index in [0.717, 1.165) is 111 Å². The molecule has 0 aliphatic heterocycles. The molecule has 0 aliphatic rings. The lowest BCUT2D eigenvalue weighted by Gasteiger charge is -2.16. The number of fused-ring (bicyclic) bond motifs is 2. The molecule has 0 spiro atoms. The number of hydrogen-bond acceptors (Lipinski definition) is 10. The third kappa shape index (κ3) is 9.28. The van der Waals surface area contributed by atoms with Crippen LogP contribution in [0.2, 0.25) is 0 Å². The van der Waals surface area contributed by atoms with Gasteiger partial charge in [0.2, 0.25) is 0 Å². The molecule has 14 aromatic rings. The molecule has 4 aromatic heterocycles. The third-order valence-electron chi connectivity index (χ3n) is 14.4. The molecule has 0 N–H and O–H groups in total. The van der Waals surface area contributed by atoms with E-state index in [0.29, 0.717) is 34.9 Å². The van der Waals surface area contributed by atoms with E-state index >= 15 is 0 Å². The quantitative estimate of drug-likeness (QED) is 0.123. The largest absolute Gasteiger partial charge is 0.245 e. The summed E-state index contributed by atoms with van der Waals surface area (Å²) in [6, 6.07) is 81.3. The Kier molecular flexibility index (Phi) is 12.3. The molecule has 10 nitrogen and oxygen atoms in total. The standard InChI is InChI=1S/C70H44N10/c1-4-14-50(15-5-1)65-75-66(51-16-6-2-7-17-51)78-70(77-65)64-60(48-27-29-49(30-28-48)62-37-38-71-44-74-62)36-33-55-39-54(32-35-61(55)64)53-20-12-21-56(40-53)68-76-67(52-18-8-3-9-19-52)79-69(80-68)63-58-22-11-10-13-46(58)31-34-59(63)47-25-23-45(24-26-47)57-41-72-43-73-42-57/h1-44H. The van der Waals surface area contributed by atoms with Gasteiger partial charge in [-0.15, -0.1) is 0 Å². The molecule has 10 heteroatoms. The van der Waals surface area contributed by atoms with Crippen LogP contribution in [0.1, 0.15) is 0 Å². The van der Waals surface area contributed by atoms with Crippen LogP contribution in [-0.2, 0) is 0 Å². The van der Waals surface area contributed by atoms with Gasteiger partial charge in [-0.05, 0) is 78.7 Å². The average Bonchev–Trinajstić information content (AvgIpc) is 3.68. The number of benzene rings is 10. The van der Waals surface area contributed by atoms with E-state index in [2.05, 4.69) is 159 Å². The van der Waals surface area contributed by atoms with E-state index in [-0.39, 0.29) is 0 Å². The highest BCUT2D eigenvalue weighted by molar-refractivity contribution is 6.05. The molecule has 0 bridgehead atoms. The van der Waals surface area contributed by atoms with Crippen LogP contribution in [0.25, 0.3) is 146 Å². The maximum Gasteiger partial charge on any atom is 0.165 e. The summed E-state index contributed by atoms with van der Waals surface area (Å²) in [7, 11) is 0. The van der Waals surface area contributed by atoms with E-state index in [4.69, 9.17) is 29.9 Å². The summed E-state index contributed by atoms with van der Waals surface area (Å²) in [6.45, 7) is 0. The normalized spacial score (nSPS) is 11.2. The molecule has 0 amide bonds. The first-order valence-electron chi connectivity index (χ1n) is 26.2. The number of hydrogen-bond donors (Lipinski definition) is 0. The molecule has 10 aromatic carbocycles. The Labute approximate surface area is 461 Å². The maximum absolute atomic E-state index is 5.39. The van der Waals surface area contributed by atoms with Crippen LogP contribution in [0.15, 0.2) is 268 Å². The van der Waals surface area contributed by atoms with Crippen LogP contribution in [0, 0.1) is 0 Å². The molecule has 80 heavy (non-hydrogen) atoms. The zero-order valence-corrected chi connectivity index (χ0v) is 42.9. The maximum atomic E-state index is 5.39. The molecule has 0 saturated heterocycles. The van der Waals surface area contributed by atoms with Crippen LogP contribution >= 0.6 is 0 Å². The zero-order chi connectivity index (χ0) is 53.2. The third-order valence-corrected chi connectivity index (χ3v) is 14.4. The van der Waals surface area contributed by atoms with E-state index in [1.54, 1.807) is 18.9 Å². The van der Waals surface area contributed by atoms with Crippen molar-refractivity contribution in [1.82, 2.24) is 49.8 Å². The molecular formula is C70H44N10. The van der Waals surface area contributed by atoms with Crippen molar-refractivity contribution >= 4 is 21.5 Å². The summed E-state index contributed by atoms with van der Waals surface area (Å²) < 4.78 is 0. The summed E-state index contributed by atoms with van der Waals surface area (Å²) in [5.74, 6) is 3.47.